The lowest BCUT2D eigenvalue weighted by Crippen LogP contribution is -2.27. The Kier molecular flexibility index (Phi) is 6.96. The molecule has 1 amide bonds. The molecule has 0 saturated heterocycles. The van der Waals surface area contributed by atoms with Crippen molar-refractivity contribution in [2.75, 3.05) is 0 Å². The van der Waals surface area contributed by atoms with Crippen LogP contribution in [-0.2, 0) is 11.4 Å². The quantitative estimate of drug-likeness (QED) is 0.439. The second kappa shape index (κ2) is 10.0. The van der Waals surface area contributed by atoms with Crippen LogP contribution in [0.5, 0.6) is 5.75 Å². The van der Waals surface area contributed by atoms with Crippen molar-refractivity contribution >= 4 is 12.0 Å². The maximum atomic E-state index is 13.8. The number of hydrogen-bond donors (Lipinski definition) is 1. The molecule has 0 radical (unpaired) electrons. The van der Waals surface area contributed by atoms with Gasteiger partial charge in [-0.2, -0.15) is 5.26 Å². The van der Waals surface area contributed by atoms with Gasteiger partial charge in [0.25, 0.3) is 5.91 Å². The number of halogens is 1. The molecular weight excluding hydrogens is 379 g/mol. The SMILES string of the molecule is C[C@H](NC(=O)/C(C#N)=C\c1ccccc1OCc1ccccc1F)c1ccccc1. The molecule has 150 valence electrons. The molecule has 30 heavy (non-hydrogen) atoms. The van der Waals surface area contributed by atoms with Gasteiger partial charge in [0.05, 0.1) is 6.04 Å². The van der Waals surface area contributed by atoms with Crippen LogP contribution in [0.1, 0.15) is 29.7 Å². The van der Waals surface area contributed by atoms with Gasteiger partial charge in [0.15, 0.2) is 0 Å². The van der Waals surface area contributed by atoms with Gasteiger partial charge in [-0.1, -0.05) is 66.7 Å². The summed E-state index contributed by atoms with van der Waals surface area (Å²) in [6.45, 7) is 1.89. The van der Waals surface area contributed by atoms with Gasteiger partial charge in [0.2, 0.25) is 0 Å². The molecule has 0 bridgehead atoms. The monoisotopic (exact) mass is 400 g/mol. The Bertz CT molecular complexity index is 1090. The van der Waals surface area contributed by atoms with Gasteiger partial charge in [-0.25, -0.2) is 4.39 Å². The molecule has 0 spiro atoms. The van der Waals surface area contributed by atoms with E-state index in [9.17, 15) is 14.4 Å². The minimum atomic E-state index is -0.474. The minimum absolute atomic E-state index is 0.0383. The van der Waals surface area contributed by atoms with E-state index in [-0.39, 0.29) is 24.0 Å². The first-order chi connectivity index (χ1) is 14.6. The number of nitriles is 1. The van der Waals surface area contributed by atoms with Crippen LogP contribution in [0.15, 0.2) is 84.4 Å². The Hall–Kier alpha value is -3.91. The van der Waals surface area contributed by atoms with E-state index in [0.717, 1.165) is 5.56 Å². The van der Waals surface area contributed by atoms with Crippen LogP contribution >= 0.6 is 0 Å². The predicted octanol–water partition coefficient (Wildman–Crippen LogP) is 5.19. The van der Waals surface area contributed by atoms with Gasteiger partial charge >= 0.3 is 0 Å². The van der Waals surface area contributed by atoms with Crippen LogP contribution in [0.3, 0.4) is 0 Å². The van der Waals surface area contributed by atoms with Crippen LogP contribution in [0.4, 0.5) is 4.39 Å². The third kappa shape index (κ3) is 5.33. The van der Waals surface area contributed by atoms with Crippen molar-refractivity contribution < 1.29 is 13.9 Å². The number of rotatable bonds is 7. The number of nitrogens with zero attached hydrogens (tertiary/aromatic N) is 1. The van der Waals surface area contributed by atoms with E-state index < -0.39 is 5.91 Å². The fraction of sp³-hybridized carbons (Fsp3) is 0.120. The zero-order valence-corrected chi connectivity index (χ0v) is 16.5. The first kappa shape index (κ1) is 20.8. The Morgan fingerprint density at radius 1 is 1.07 bits per heavy atom. The Balaban J connectivity index is 1.76. The summed E-state index contributed by atoms with van der Waals surface area (Å²) in [5.74, 6) is -0.368. The topological polar surface area (TPSA) is 62.1 Å². The van der Waals surface area contributed by atoms with Gasteiger partial charge < -0.3 is 10.1 Å². The number of para-hydroxylation sites is 1. The molecule has 3 rings (SSSR count). The van der Waals surface area contributed by atoms with E-state index in [2.05, 4.69) is 5.32 Å². The van der Waals surface area contributed by atoms with Crippen molar-refractivity contribution in [3.63, 3.8) is 0 Å². The Labute approximate surface area is 175 Å². The molecule has 1 N–H and O–H groups in total. The maximum Gasteiger partial charge on any atom is 0.262 e. The lowest BCUT2D eigenvalue weighted by atomic mass is 10.1. The molecule has 0 heterocycles. The van der Waals surface area contributed by atoms with Crippen molar-refractivity contribution in [3.05, 3.63) is 107 Å². The van der Waals surface area contributed by atoms with Gasteiger partial charge in [-0.15, -0.1) is 0 Å². The van der Waals surface area contributed by atoms with Crippen LogP contribution in [0.2, 0.25) is 0 Å². The number of carbonyl (C=O) groups excluding carboxylic acids is 1. The van der Waals surface area contributed by atoms with Crippen molar-refractivity contribution in [3.8, 4) is 11.8 Å². The molecular formula is C25H21FN2O2. The fourth-order valence-electron chi connectivity index (χ4n) is 2.91. The zero-order chi connectivity index (χ0) is 21.3. The average Bonchev–Trinajstić information content (AvgIpc) is 2.78. The number of hydrogen-bond acceptors (Lipinski definition) is 3. The molecule has 1 atom stereocenters. The van der Waals surface area contributed by atoms with E-state index in [1.807, 2.05) is 43.3 Å². The summed E-state index contributed by atoms with van der Waals surface area (Å²) < 4.78 is 19.6. The van der Waals surface area contributed by atoms with Crippen LogP contribution in [0, 0.1) is 17.1 Å². The third-order valence-corrected chi connectivity index (χ3v) is 4.57. The van der Waals surface area contributed by atoms with Crippen molar-refractivity contribution in [1.82, 2.24) is 5.32 Å². The highest BCUT2D eigenvalue weighted by Gasteiger charge is 2.15. The van der Waals surface area contributed by atoms with E-state index >= 15 is 0 Å². The molecule has 0 aliphatic carbocycles. The lowest BCUT2D eigenvalue weighted by molar-refractivity contribution is -0.117. The number of amides is 1. The predicted molar refractivity (Wildman–Crippen MR) is 114 cm³/mol. The Morgan fingerprint density at radius 3 is 2.47 bits per heavy atom. The van der Waals surface area contributed by atoms with Crippen molar-refractivity contribution in [2.45, 2.75) is 19.6 Å². The van der Waals surface area contributed by atoms with Crippen LogP contribution in [-0.4, -0.2) is 5.91 Å². The lowest BCUT2D eigenvalue weighted by Gasteiger charge is -2.14. The molecule has 5 heteroatoms. The van der Waals surface area contributed by atoms with Gasteiger partial charge in [0, 0.05) is 11.1 Å². The smallest absolute Gasteiger partial charge is 0.262 e. The molecule has 0 aliphatic rings. The third-order valence-electron chi connectivity index (χ3n) is 4.57. The first-order valence-corrected chi connectivity index (χ1v) is 9.51. The van der Waals surface area contributed by atoms with E-state index in [1.54, 1.807) is 42.5 Å². The Morgan fingerprint density at radius 2 is 1.73 bits per heavy atom. The summed E-state index contributed by atoms with van der Waals surface area (Å²) in [5.41, 5.74) is 1.88. The van der Waals surface area contributed by atoms with E-state index in [0.29, 0.717) is 16.9 Å². The van der Waals surface area contributed by atoms with Crippen molar-refractivity contribution in [2.24, 2.45) is 0 Å². The minimum Gasteiger partial charge on any atom is -0.488 e. The molecule has 0 aromatic heterocycles. The molecule has 0 unspecified atom stereocenters. The molecule has 3 aromatic carbocycles. The van der Waals surface area contributed by atoms with Crippen molar-refractivity contribution in [1.29, 1.82) is 5.26 Å². The molecule has 0 aliphatic heterocycles. The van der Waals surface area contributed by atoms with Gasteiger partial charge in [-0.05, 0) is 30.7 Å². The summed E-state index contributed by atoms with van der Waals surface area (Å²) >= 11 is 0. The van der Waals surface area contributed by atoms with Gasteiger partial charge in [0.1, 0.15) is 29.8 Å². The molecule has 0 fully saturated rings. The standard InChI is InChI=1S/C25H21FN2O2/c1-18(19-9-3-2-4-10-19)28-25(29)22(16-27)15-20-11-6-8-14-24(20)30-17-21-12-5-7-13-23(21)26/h2-15,18H,17H2,1H3,(H,28,29)/b22-15-/t18-/m0/s1. The largest absolute Gasteiger partial charge is 0.488 e. The zero-order valence-electron chi connectivity index (χ0n) is 16.5. The second-order valence-corrected chi connectivity index (χ2v) is 6.69. The number of carbonyl (C=O) groups is 1. The summed E-state index contributed by atoms with van der Waals surface area (Å²) in [6.07, 6.45) is 1.48. The summed E-state index contributed by atoms with van der Waals surface area (Å²) in [6, 6.07) is 24.6. The normalized spacial score (nSPS) is 12.0. The summed E-state index contributed by atoms with van der Waals surface area (Å²) in [4.78, 5) is 12.6. The summed E-state index contributed by atoms with van der Waals surface area (Å²) in [7, 11) is 0. The number of benzene rings is 3. The van der Waals surface area contributed by atoms with E-state index in [1.165, 1.54) is 12.1 Å². The molecule has 3 aromatic rings. The van der Waals surface area contributed by atoms with Crippen LogP contribution < -0.4 is 10.1 Å². The summed E-state index contributed by atoms with van der Waals surface area (Å²) in [5, 5.41) is 12.3. The second-order valence-electron chi connectivity index (χ2n) is 6.69. The number of ether oxygens (including phenoxy) is 1. The molecule has 0 saturated carbocycles. The van der Waals surface area contributed by atoms with Crippen LogP contribution in [0.25, 0.3) is 6.08 Å². The highest BCUT2D eigenvalue weighted by molar-refractivity contribution is 6.02. The highest BCUT2D eigenvalue weighted by atomic mass is 19.1. The fourth-order valence-corrected chi connectivity index (χ4v) is 2.91. The first-order valence-electron chi connectivity index (χ1n) is 9.51. The maximum absolute atomic E-state index is 13.8. The van der Waals surface area contributed by atoms with E-state index in [4.69, 9.17) is 4.74 Å². The average molecular weight is 400 g/mol. The molecule has 4 nitrogen and oxygen atoms in total. The number of nitrogens with one attached hydrogen (secondary N) is 1. The highest BCUT2D eigenvalue weighted by Crippen LogP contribution is 2.23. The van der Waals surface area contributed by atoms with Gasteiger partial charge in [-0.3, -0.25) is 4.79 Å².